The zero-order valence-corrected chi connectivity index (χ0v) is 22.6. The fourth-order valence-corrected chi connectivity index (χ4v) is 7.80. The molecule has 0 radical (unpaired) electrons. The number of piperazine rings is 1. The molecule has 8 nitrogen and oxygen atoms in total. The second-order valence-electron chi connectivity index (χ2n) is 9.73. The molecule has 198 valence electrons. The predicted octanol–water partition coefficient (Wildman–Crippen LogP) is 3.71. The number of aromatic nitrogens is 1. The fraction of sp³-hybridized carbons (Fsp3) is 0.444. The zero-order chi connectivity index (χ0) is 25.7. The molecule has 1 atom stereocenters. The van der Waals surface area contributed by atoms with Crippen molar-refractivity contribution in [2.24, 2.45) is 5.90 Å². The van der Waals surface area contributed by atoms with Gasteiger partial charge >= 0.3 is 0 Å². The van der Waals surface area contributed by atoms with Crippen molar-refractivity contribution < 1.29 is 13.3 Å². The van der Waals surface area contributed by atoms with Crippen molar-refractivity contribution in [1.82, 2.24) is 19.1 Å². The number of nitrogens with zero attached hydrogens (tertiary/aromatic N) is 4. The lowest BCUT2D eigenvalue weighted by Gasteiger charge is -2.40. The van der Waals surface area contributed by atoms with Crippen LogP contribution >= 0.6 is 11.3 Å². The standard InChI is InChI=1S/C27H35N5O3S2/c28-35-26-21-36-27(29-26)23-11-14-30(15-12-23)16-13-25(22-7-3-1-4-8-22)31-17-19-32(20-18-31)37(33,34)24-9-5-2-6-10-24/h1-10,21,23,25H,11-20,28H2. The van der Waals surface area contributed by atoms with Crippen LogP contribution in [0.3, 0.4) is 0 Å². The monoisotopic (exact) mass is 541 g/mol. The van der Waals surface area contributed by atoms with Gasteiger partial charge < -0.3 is 9.74 Å². The average Bonchev–Trinajstić information content (AvgIpc) is 3.44. The molecule has 0 amide bonds. The van der Waals surface area contributed by atoms with E-state index in [-0.39, 0.29) is 6.04 Å². The summed E-state index contributed by atoms with van der Waals surface area (Å²) in [6.07, 6.45) is 3.19. The Morgan fingerprint density at radius 3 is 2.22 bits per heavy atom. The Balaban J connectivity index is 1.19. The van der Waals surface area contributed by atoms with E-state index < -0.39 is 10.0 Å². The second kappa shape index (κ2) is 12.0. The van der Waals surface area contributed by atoms with E-state index in [4.69, 9.17) is 10.7 Å². The molecule has 0 saturated carbocycles. The smallest absolute Gasteiger partial charge is 0.248 e. The Bertz CT molecular complexity index is 1220. The molecule has 2 saturated heterocycles. The summed E-state index contributed by atoms with van der Waals surface area (Å²) in [5, 5.41) is 2.99. The Morgan fingerprint density at radius 1 is 0.946 bits per heavy atom. The maximum Gasteiger partial charge on any atom is 0.248 e. The van der Waals surface area contributed by atoms with Gasteiger partial charge in [0.2, 0.25) is 15.9 Å². The third kappa shape index (κ3) is 6.22. The lowest BCUT2D eigenvalue weighted by Crippen LogP contribution is -2.50. The number of thiazole rings is 1. The van der Waals surface area contributed by atoms with Gasteiger partial charge in [-0.25, -0.2) is 13.4 Å². The first-order valence-electron chi connectivity index (χ1n) is 12.9. The third-order valence-electron chi connectivity index (χ3n) is 7.56. The average molecular weight is 542 g/mol. The van der Waals surface area contributed by atoms with E-state index >= 15 is 0 Å². The van der Waals surface area contributed by atoms with Crippen LogP contribution in [-0.4, -0.2) is 73.3 Å². The van der Waals surface area contributed by atoms with Gasteiger partial charge in [-0.05, 0) is 56.6 Å². The van der Waals surface area contributed by atoms with Crippen LogP contribution in [0, 0.1) is 0 Å². The summed E-state index contributed by atoms with van der Waals surface area (Å²) in [6, 6.07) is 19.7. The minimum Gasteiger partial charge on any atom is -0.390 e. The number of hydrogen-bond donors (Lipinski definition) is 1. The number of rotatable bonds is 9. The zero-order valence-electron chi connectivity index (χ0n) is 21.0. The molecule has 1 aromatic heterocycles. The van der Waals surface area contributed by atoms with Gasteiger partial charge in [0.25, 0.3) is 0 Å². The van der Waals surface area contributed by atoms with E-state index in [0.29, 0.717) is 29.8 Å². The fourth-order valence-electron chi connectivity index (χ4n) is 5.45. The summed E-state index contributed by atoms with van der Waals surface area (Å²) in [7, 11) is -3.45. The molecular formula is C27H35N5O3S2. The van der Waals surface area contributed by atoms with Gasteiger partial charge in [-0.1, -0.05) is 48.5 Å². The lowest BCUT2D eigenvalue weighted by molar-refractivity contribution is 0.114. The molecule has 0 aliphatic carbocycles. The summed E-state index contributed by atoms with van der Waals surface area (Å²) in [5.41, 5.74) is 1.30. The summed E-state index contributed by atoms with van der Waals surface area (Å²) in [4.78, 5) is 14.6. The molecule has 0 bridgehead atoms. The van der Waals surface area contributed by atoms with Gasteiger partial charge in [-0.2, -0.15) is 10.2 Å². The third-order valence-corrected chi connectivity index (χ3v) is 10.5. The Morgan fingerprint density at radius 2 is 1.59 bits per heavy atom. The number of benzene rings is 2. The van der Waals surface area contributed by atoms with Crippen LogP contribution in [0.25, 0.3) is 0 Å². The summed E-state index contributed by atoms with van der Waals surface area (Å²) in [5.74, 6) is 6.22. The number of nitrogens with two attached hydrogens (primary N) is 1. The van der Waals surface area contributed by atoms with Crippen molar-refractivity contribution in [1.29, 1.82) is 0 Å². The topological polar surface area (TPSA) is 92.0 Å². The molecule has 2 fully saturated rings. The van der Waals surface area contributed by atoms with Crippen LogP contribution in [0.5, 0.6) is 5.88 Å². The van der Waals surface area contributed by atoms with Gasteiger partial charge in [-0.15, -0.1) is 11.3 Å². The molecule has 0 spiro atoms. The number of likely N-dealkylation sites (tertiary alicyclic amines) is 1. The highest BCUT2D eigenvalue weighted by molar-refractivity contribution is 7.89. The van der Waals surface area contributed by atoms with Gasteiger partial charge in [0.1, 0.15) is 0 Å². The Hall–Kier alpha value is -2.34. The molecule has 1 unspecified atom stereocenters. The number of piperidine rings is 1. The van der Waals surface area contributed by atoms with Crippen LogP contribution in [0.2, 0.25) is 0 Å². The minimum atomic E-state index is -3.45. The van der Waals surface area contributed by atoms with Crippen molar-refractivity contribution in [2.75, 3.05) is 45.8 Å². The molecule has 2 N–H and O–H groups in total. The predicted molar refractivity (Wildman–Crippen MR) is 146 cm³/mol. The van der Waals surface area contributed by atoms with Crippen LogP contribution in [0.15, 0.2) is 70.9 Å². The first kappa shape index (κ1) is 26.3. The summed E-state index contributed by atoms with van der Waals surface area (Å²) in [6.45, 7) is 5.58. The maximum absolute atomic E-state index is 13.1. The van der Waals surface area contributed by atoms with Crippen LogP contribution in [0.1, 0.15) is 41.8 Å². The normalized spacial score (nSPS) is 19.6. The highest BCUT2D eigenvalue weighted by Gasteiger charge is 2.32. The van der Waals surface area contributed by atoms with Gasteiger partial charge in [0, 0.05) is 38.1 Å². The Kier molecular flexibility index (Phi) is 8.53. The molecule has 3 aromatic rings. The first-order chi connectivity index (χ1) is 18.0. The molecule has 2 aliphatic rings. The largest absolute Gasteiger partial charge is 0.390 e. The highest BCUT2D eigenvalue weighted by atomic mass is 32.2. The molecule has 3 heterocycles. The summed E-state index contributed by atoms with van der Waals surface area (Å²) < 4.78 is 27.8. The molecule has 10 heteroatoms. The molecule has 2 aliphatic heterocycles. The molecule has 5 rings (SSSR count). The number of hydrogen-bond acceptors (Lipinski definition) is 8. The van der Waals surface area contributed by atoms with E-state index in [0.717, 1.165) is 57.0 Å². The highest BCUT2D eigenvalue weighted by Crippen LogP contribution is 2.33. The van der Waals surface area contributed by atoms with E-state index in [1.165, 1.54) is 5.56 Å². The SMILES string of the molecule is NOc1csc(C2CCN(CCC(c3ccccc3)N3CCN(S(=O)(=O)c4ccccc4)CC3)CC2)n1. The van der Waals surface area contributed by atoms with Gasteiger partial charge in [0.15, 0.2) is 0 Å². The first-order valence-corrected chi connectivity index (χ1v) is 15.3. The molecule has 37 heavy (non-hydrogen) atoms. The van der Waals surface area contributed by atoms with Gasteiger partial charge in [-0.3, -0.25) is 4.90 Å². The summed E-state index contributed by atoms with van der Waals surface area (Å²) >= 11 is 1.63. The van der Waals surface area contributed by atoms with E-state index in [1.807, 2.05) is 11.4 Å². The second-order valence-corrected chi connectivity index (χ2v) is 12.6. The molecule has 2 aromatic carbocycles. The van der Waals surface area contributed by atoms with Crippen molar-refractivity contribution in [2.45, 2.75) is 36.1 Å². The lowest BCUT2D eigenvalue weighted by atomic mass is 9.96. The Labute approximate surface area is 223 Å². The van der Waals surface area contributed by atoms with Crippen LogP contribution < -0.4 is 10.7 Å². The van der Waals surface area contributed by atoms with E-state index in [1.54, 1.807) is 39.9 Å². The van der Waals surface area contributed by atoms with Crippen LogP contribution in [-0.2, 0) is 10.0 Å². The van der Waals surface area contributed by atoms with Crippen LogP contribution in [0.4, 0.5) is 0 Å². The quantitative estimate of drug-likeness (QED) is 0.413. The van der Waals surface area contributed by atoms with Crippen molar-refractivity contribution in [3.8, 4) is 5.88 Å². The van der Waals surface area contributed by atoms with Crippen molar-refractivity contribution >= 4 is 21.4 Å². The van der Waals surface area contributed by atoms with E-state index in [9.17, 15) is 8.42 Å². The van der Waals surface area contributed by atoms with E-state index in [2.05, 4.69) is 45.1 Å². The minimum absolute atomic E-state index is 0.267. The maximum atomic E-state index is 13.1. The van der Waals surface area contributed by atoms with Crippen molar-refractivity contribution in [3.63, 3.8) is 0 Å². The van der Waals surface area contributed by atoms with Gasteiger partial charge in [0.05, 0.1) is 15.3 Å². The number of sulfonamides is 1. The van der Waals surface area contributed by atoms with Crippen molar-refractivity contribution in [3.05, 3.63) is 76.6 Å². The molecular weight excluding hydrogens is 506 g/mol.